The summed E-state index contributed by atoms with van der Waals surface area (Å²) in [5, 5.41) is 19.3. The van der Waals surface area contributed by atoms with E-state index in [2.05, 4.69) is 4.98 Å². The molecule has 0 saturated heterocycles. The van der Waals surface area contributed by atoms with Gasteiger partial charge in [-0.25, -0.2) is 4.98 Å². The van der Waals surface area contributed by atoms with Crippen molar-refractivity contribution in [1.82, 2.24) is 9.38 Å². The molecule has 0 aliphatic rings. The highest BCUT2D eigenvalue weighted by Crippen LogP contribution is 2.18. The molecule has 0 aliphatic carbocycles. The molecule has 0 unspecified atom stereocenters. The predicted octanol–water partition coefficient (Wildman–Crippen LogP) is 1.18. The van der Waals surface area contributed by atoms with E-state index < -0.39 is 10.9 Å². The highest BCUT2D eigenvalue weighted by molar-refractivity contribution is 5.70. The van der Waals surface area contributed by atoms with Gasteiger partial charge in [0.25, 0.3) is 5.69 Å². The largest absolute Gasteiger partial charge is 0.481 e. The Labute approximate surface area is 95.5 Å². The van der Waals surface area contributed by atoms with Crippen LogP contribution < -0.4 is 0 Å². The lowest BCUT2D eigenvalue weighted by atomic mass is 10.3. The Morgan fingerprint density at radius 2 is 2.29 bits per heavy atom. The lowest BCUT2D eigenvalue weighted by Crippen LogP contribution is -1.99. The lowest BCUT2D eigenvalue weighted by Gasteiger charge is -1.97. The molecule has 1 N–H and O–H groups in total. The fraction of sp³-hybridized carbons (Fsp3) is 0.200. The van der Waals surface area contributed by atoms with E-state index in [1.165, 1.54) is 22.9 Å². The number of carboxylic acid groups (broad SMARTS) is 1. The van der Waals surface area contributed by atoms with Crippen LogP contribution in [0.5, 0.6) is 0 Å². The summed E-state index contributed by atoms with van der Waals surface area (Å²) < 4.78 is 1.48. The van der Waals surface area contributed by atoms with Crippen molar-refractivity contribution in [2.75, 3.05) is 0 Å². The molecular weight excluding hydrogens is 226 g/mol. The molecule has 0 radical (unpaired) electrons. The molecule has 0 amide bonds. The van der Waals surface area contributed by atoms with Crippen LogP contribution in [-0.4, -0.2) is 25.4 Å². The number of hydrogen-bond acceptors (Lipinski definition) is 4. The van der Waals surface area contributed by atoms with Crippen LogP contribution in [0.1, 0.15) is 11.3 Å². The van der Waals surface area contributed by atoms with E-state index in [0.717, 1.165) is 0 Å². The fourth-order valence-corrected chi connectivity index (χ4v) is 1.64. The van der Waals surface area contributed by atoms with Gasteiger partial charge in [-0.3, -0.25) is 19.3 Å². The Hall–Kier alpha value is -2.44. The summed E-state index contributed by atoms with van der Waals surface area (Å²) in [5.74, 6) is -0.986. The zero-order valence-corrected chi connectivity index (χ0v) is 8.95. The van der Waals surface area contributed by atoms with Crippen LogP contribution in [0, 0.1) is 17.0 Å². The molecule has 7 nitrogen and oxygen atoms in total. The minimum absolute atomic E-state index is 0.0470. The normalized spacial score (nSPS) is 10.6. The molecule has 0 bridgehead atoms. The molecular formula is C10H9N3O4. The minimum Gasteiger partial charge on any atom is -0.481 e. The number of hydrogen-bond donors (Lipinski definition) is 1. The van der Waals surface area contributed by atoms with Gasteiger partial charge in [0.2, 0.25) is 0 Å². The Kier molecular flexibility index (Phi) is 2.51. The quantitative estimate of drug-likeness (QED) is 0.636. The zero-order chi connectivity index (χ0) is 12.6. The average molecular weight is 235 g/mol. The number of aromatic nitrogens is 2. The maximum atomic E-state index is 10.7. The second-order valence-electron chi connectivity index (χ2n) is 3.67. The molecule has 2 heterocycles. The Balaban J connectivity index is 2.56. The molecule has 0 atom stereocenters. The van der Waals surface area contributed by atoms with Crippen molar-refractivity contribution in [2.45, 2.75) is 13.3 Å². The predicted molar refractivity (Wildman–Crippen MR) is 57.9 cm³/mol. The molecule has 0 aromatic carbocycles. The van der Waals surface area contributed by atoms with Gasteiger partial charge in [-0.05, 0) is 12.5 Å². The number of nitrogens with zero attached hydrogens (tertiary/aromatic N) is 3. The highest BCUT2D eigenvalue weighted by atomic mass is 16.6. The molecule has 17 heavy (non-hydrogen) atoms. The topological polar surface area (TPSA) is 97.7 Å². The summed E-state index contributed by atoms with van der Waals surface area (Å²) in [6, 6.07) is 1.41. The molecule has 0 saturated carbocycles. The van der Waals surface area contributed by atoms with Crippen LogP contribution in [0.2, 0.25) is 0 Å². The summed E-state index contributed by atoms with van der Waals surface area (Å²) in [5.41, 5.74) is 1.50. The van der Waals surface area contributed by atoms with E-state index in [1.807, 2.05) is 0 Å². The molecule has 0 spiro atoms. The molecule has 2 aromatic heterocycles. The Morgan fingerprint density at radius 3 is 2.88 bits per heavy atom. The SMILES string of the molecule is Cc1cc([N+](=O)[O-])cn2cc(CC(=O)O)nc12. The fourth-order valence-electron chi connectivity index (χ4n) is 1.64. The van der Waals surface area contributed by atoms with Crippen molar-refractivity contribution in [3.8, 4) is 0 Å². The number of aliphatic carboxylic acids is 1. The van der Waals surface area contributed by atoms with E-state index in [9.17, 15) is 14.9 Å². The van der Waals surface area contributed by atoms with Crippen molar-refractivity contribution in [3.63, 3.8) is 0 Å². The standard InChI is InChI=1S/C10H9N3O4/c1-6-2-8(13(16)17)5-12-4-7(3-9(14)15)11-10(6)12/h2,4-5H,3H2,1H3,(H,14,15). The van der Waals surface area contributed by atoms with Gasteiger partial charge in [0, 0.05) is 12.3 Å². The van der Waals surface area contributed by atoms with Gasteiger partial charge in [-0.1, -0.05) is 0 Å². The molecule has 88 valence electrons. The van der Waals surface area contributed by atoms with Gasteiger partial charge in [-0.15, -0.1) is 0 Å². The maximum Gasteiger partial charge on any atom is 0.309 e. The number of imidazole rings is 1. The van der Waals surface area contributed by atoms with Gasteiger partial charge < -0.3 is 5.11 Å². The van der Waals surface area contributed by atoms with Crippen LogP contribution in [0.4, 0.5) is 5.69 Å². The highest BCUT2D eigenvalue weighted by Gasteiger charge is 2.13. The molecule has 2 aromatic rings. The van der Waals surface area contributed by atoms with Crippen LogP contribution in [-0.2, 0) is 11.2 Å². The third-order valence-electron chi connectivity index (χ3n) is 2.31. The van der Waals surface area contributed by atoms with Crippen molar-refractivity contribution in [2.24, 2.45) is 0 Å². The van der Waals surface area contributed by atoms with E-state index in [0.29, 0.717) is 16.9 Å². The second-order valence-corrected chi connectivity index (χ2v) is 3.67. The van der Waals surface area contributed by atoms with E-state index in [-0.39, 0.29) is 12.1 Å². The van der Waals surface area contributed by atoms with Crippen LogP contribution in [0.15, 0.2) is 18.5 Å². The van der Waals surface area contributed by atoms with Crippen LogP contribution in [0.3, 0.4) is 0 Å². The monoisotopic (exact) mass is 235 g/mol. The van der Waals surface area contributed by atoms with E-state index in [1.54, 1.807) is 6.92 Å². The van der Waals surface area contributed by atoms with Crippen LogP contribution >= 0.6 is 0 Å². The molecule has 2 rings (SSSR count). The average Bonchev–Trinajstić information content (AvgIpc) is 2.59. The third kappa shape index (κ3) is 2.07. The Bertz CT molecular complexity index is 617. The maximum absolute atomic E-state index is 10.7. The summed E-state index contributed by atoms with van der Waals surface area (Å²) in [6.45, 7) is 1.69. The number of rotatable bonds is 3. The number of fused-ring (bicyclic) bond motifs is 1. The third-order valence-corrected chi connectivity index (χ3v) is 2.31. The van der Waals surface area contributed by atoms with Gasteiger partial charge in [0.15, 0.2) is 0 Å². The van der Waals surface area contributed by atoms with Crippen LogP contribution in [0.25, 0.3) is 5.65 Å². The van der Waals surface area contributed by atoms with Crippen molar-refractivity contribution >= 4 is 17.3 Å². The van der Waals surface area contributed by atoms with Crippen molar-refractivity contribution in [1.29, 1.82) is 0 Å². The number of carboxylic acids is 1. The zero-order valence-electron chi connectivity index (χ0n) is 8.95. The van der Waals surface area contributed by atoms with Gasteiger partial charge in [0.05, 0.1) is 23.2 Å². The molecule has 0 aliphatic heterocycles. The smallest absolute Gasteiger partial charge is 0.309 e. The van der Waals surface area contributed by atoms with Gasteiger partial charge >= 0.3 is 5.97 Å². The number of aryl methyl sites for hydroxylation is 1. The summed E-state index contributed by atoms with van der Waals surface area (Å²) >= 11 is 0. The first kappa shape index (κ1) is 11.1. The first-order chi connectivity index (χ1) is 7.97. The lowest BCUT2D eigenvalue weighted by molar-refractivity contribution is -0.385. The van der Waals surface area contributed by atoms with Crippen molar-refractivity contribution < 1.29 is 14.8 Å². The summed E-state index contributed by atoms with van der Waals surface area (Å²) in [6.07, 6.45) is 2.61. The van der Waals surface area contributed by atoms with Gasteiger partial charge in [-0.2, -0.15) is 0 Å². The summed E-state index contributed by atoms with van der Waals surface area (Å²) in [7, 11) is 0. The minimum atomic E-state index is -0.986. The van der Waals surface area contributed by atoms with Gasteiger partial charge in [0.1, 0.15) is 5.65 Å². The molecule has 7 heteroatoms. The second kappa shape index (κ2) is 3.85. The number of nitro groups is 1. The molecule has 0 fully saturated rings. The first-order valence-electron chi connectivity index (χ1n) is 4.82. The van der Waals surface area contributed by atoms with E-state index >= 15 is 0 Å². The van der Waals surface area contributed by atoms with Crippen molar-refractivity contribution in [3.05, 3.63) is 39.8 Å². The van der Waals surface area contributed by atoms with E-state index in [4.69, 9.17) is 5.11 Å². The summed E-state index contributed by atoms with van der Waals surface area (Å²) in [4.78, 5) is 24.8. The first-order valence-corrected chi connectivity index (χ1v) is 4.82. The Morgan fingerprint density at radius 1 is 1.59 bits per heavy atom. The number of pyridine rings is 1. The number of carbonyl (C=O) groups is 1.